The van der Waals surface area contributed by atoms with E-state index in [9.17, 15) is 13.2 Å². The molecule has 1 aliphatic rings. The Bertz CT molecular complexity index is 784. The molecule has 1 unspecified atom stereocenters. The topological polar surface area (TPSA) is 85.4 Å². The van der Waals surface area contributed by atoms with Crippen LogP contribution in [0.2, 0.25) is 0 Å². The van der Waals surface area contributed by atoms with Gasteiger partial charge in [0.05, 0.1) is 5.75 Å². The number of rotatable bonds is 4. The molecule has 1 aromatic carbocycles. The fourth-order valence-corrected chi connectivity index (χ4v) is 3.68. The number of sulfonamides is 1. The summed E-state index contributed by atoms with van der Waals surface area (Å²) in [6, 6.07) is 11.4. The molecule has 0 saturated carbocycles. The van der Waals surface area contributed by atoms with Gasteiger partial charge in [0.2, 0.25) is 15.9 Å². The summed E-state index contributed by atoms with van der Waals surface area (Å²) >= 11 is 0. The summed E-state index contributed by atoms with van der Waals surface area (Å²) in [7, 11) is -3.56. The third-order valence-electron chi connectivity index (χ3n) is 3.72. The quantitative estimate of drug-likeness (QED) is 0.916. The first-order valence-electron chi connectivity index (χ1n) is 6.96. The summed E-state index contributed by atoms with van der Waals surface area (Å²) in [5, 5.41) is 5.07. The van der Waals surface area contributed by atoms with E-state index in [0.717, 1.165) is 11.4 Å². The number of primary sulfonamides is 1. The number of benzene rings is 1. The van der Waals surface area contributed by atoms with Crippen molar-refractivity contribution in [1.29, 1.82) is 0 Å². The van der Waals surface area contributed by atoms with Crippen LogP contribution in [0.5, 0.6) is 0 Å². The molecule has 1 aliphatic heterocycles. The Morgan fingerprint density at radius 2 is 1.82 bits per heavy atom. The minimum absolute atomic E-state index is 0.0710. The lowest BCUT2D eigenvalue weighted by atomic mass is 10.1. The molecule has 2 aromatic rings. The van der Waals surface area contributed by atoms with Crippen LogP contribution in [0.4, 0.5) is 5.69 Å². The van der Waals surface area contributed by atoms with E-state index in [4.69, 9.17) is 5.14 Å². The van der Waals surface area contributed by atoms with E-state index in [1.807, 2.05) is 53.4 Å². The first kappa shape index (κ1) is 14.8. The molecule has 1 aromatic heterocycles. The maximum absolute atomic E-state index is 12.2. The fourth-order valence-electron chi connectivity index (χ4n) is 2.80. The van der Waals surface area contributed by atoms with Gasteiger partial charge in [0.25, 0.3) is 0 Å². The maximum atomic E-state index is 12.2. The van der Waals surface area contributed by atoms with Crippen LogP contribution in [0, 0.1) is 5.92 Å². The monoisotopic (exact) mass is 319 g/mol. The van der Waals surface area contributed by atoms with Gasteiger partial charge in [0, 0.05) is 42.7 Å². The summed E-state index contributed by atoms with van der Waals surface area (Å²) in [5.74, 6) is -0.483. The molecule has 1 atom stereocenters. The van der Waals surface area contributed by atoms with Crippen LogP contribution in [-0.4, -0.2) is 31.2 Å². The Morgan fingerprint density at radius 1 is 1.14 bits per heavy atom. The minimum atomic E-state index is -3.56. The van der Waals surface area contributed by atoms with E-state index < -0.39 is 10.0 Å². The second-order valence-electron chi connectivity index (χ2n) is 5.51. The van der Waals surface area contributed by atoms with Crippen molar-refractivity contribution in [2.24, 2.45) is 11.1 Å². The summed E-state index contributed by atoms with van der Waals surface area (Å²) in [6.07, 6.45) is 4.06. The average molecular weight is 319 g/mol. The van der Waals surface area contributed by atoms with Crippen LogP contribution in [0.3, 0.4) is 0 Å². The Morgan fingerprint density at radius 3 is 2.50 bits per heavy atom. The first-order valence-corrected chi connectivity index (χ1v) is 8.68. The number of nitrogens with zero attached hydrogens (tertiary/aromatic N) is 2. The van der Waals surface area contributed by atoms with Gasteiger partial charge in [-0.25, -0.2) is 13.6 Å². The van der Waals surface area contributed by atoms with Gasteiger partial charge >= 0.3 is 0 Å². The summed E-state index contributed by atoms with van der Waals surface area (Å²) < 4.78 is 24.3. The minimum Gasteiger partial charge on any atom is -0.324 e. The fraction of sp³-hybridized carbons (Fsp3) is 0.267. The van der Waals surface area contributed by atoms with Crippen LogP contribution in [0.15, 0.2) is 48.8 Å². The molecule has 2 heterocycles. The zero-order valence-corrected chi connectivity index (χ0v) is 12.7. The molecular weight excluding hydrogens is 302 g/mol. The molecular formula is C15H17N3O3S. The van der Waals surface area contributed by atoms with Crippen LogP contribution in [0.1, 0.15) is 6.42 Å². The Balaban J connectivity index is 1.83. The molecule has 1 amide bonds. The van der Waals surface area contributed by atoms with Crippen molar-refractivity contribution in [3.63, 3.8) is 0 Å². The van der Waals surface area contributed by atoms with E-state index in [-0.39, 0.29) is 24.0 Å². The smallest absolute Gasteiger partial charge is 0.227 e. The van der Waals surface area contributed by atoms with Crippen LogP contribution in [0.25, 0.3) is 5.69 Å². The molecule has 1 fully saturated rings. The number of anilines is 1. The van der Waals surface area contributed by atoms with Crippen LogP contribution < -0.4 is 10.0 Å². The predicted molar refractivity (Wildman–Crippen MR) is 84.2 cm³/mol. The van der Waals surface area contributed by atoms with Gasteiger partial charge in [-0.1, -0.05) is 6.07 Å². The lowest BCUT2D eigenvalue weighted by Gasteiger charge is -2.18. The Hall–Kier alpha value is -2.12. The van der Waals surface area contributed by atoms with Crippen molar-refractivity contribution in [3.8, 4) is 5.69 Å². The highest BCUT2D eigenvalue weighted by atomic mass is 32.2. The van der Waals surface area contributed by atoms with Gasteiger partial charge in [-0.2, -0.15) is 0 Å². The summed E-state index contributed by atoms with van der Waals surface area (Å²) in [6.45, 7) is 0.379. The second-order valence-corrected chi connectivity index (χ2v) is 7.17. The van der Waals surface area contributed by atoms with Gasteiger partial charge in [-0.05, 0) is 30.3 Å². The average Bonchev–Trinajstić information content (AvgIpc) is 3.07. The van der Waals surface area contributed by atoms with E-state index in [0.29, 0.717) is 6.54 Å². The molecule has 0 spiro atoms. The number of hydrogen-bond acceptors (Lipinski definition) is 3. The highest BCUT2D eigenvalue weighted by Gasteiger charge is 2.32. The lowest BCUT2D eigenvalue weighted by molar-refractivity contribution is -0.117. The van der Waals surface area contributed by atoms with Crippen molar-refractivity contribution in [1.82, 2.24) is 4.57 Å². The molecule has 6 nitrogen and oxygen atoms in total. The van der Waals surface area contributed by atoms with E-state index >= 15 is 0 Å². The Kier molecular flexibility index (Phi) is 3.76. The van der Waals surface area contributed by atoms with Gasteiger partial charge in [-0.3, -0.25) is 4.79 Å². The van der Waals surface area contributed by atoms with Crippen LogP contribution >= 0.6 is 0 Å². The molecule has 116 valence electrons. The number of aromatic nitrogens is 1. The van der Waals surface area contributed by atoms with Gasteiger partial charge in [-0.15, -0.1) is 0 Å². The molecule has 2 N–H and O–H groups in total. The molecule has 0 radical (unpaired) electrons. The number of carbonyl (C=O) groups excluding carboxylic acids is 1. The molecule has 7 heteroatoms. The highest BCUT2D eigenvalue weighted by Crippen LogP contribution is 2.27. The zero-order valence-electron chi connectivity index (χ0n) is 11.9. The van der Waals surface area contributed by atoms with Crippen molar-refractivity contribution >= 4 is 21.6 Å². The number of nitrogens with two attached hydrogens (primary N) is 1. The van der Waals surface area contributed by atoms with Crippen molar-refractivity contribution < 1.29 is 13.2 Å². The molecule has 0 bridgehead atoms. The molecule has 22 heavy (non-hydrogen) atoms. The second kappa shape index (κ2) is 5.58. The highest BCUT2D eigenvalue weighted by molar-refractivity contribution is 7.89. The van der Waals surface area contributed by atoms with E-state index in [1.165, 1.54) is 0 Å². The Labute approximate surface area is 129 Å². The SMILES string of the molecule is NS(=O)(=O)CC1CC(=O)N(c2cccc(-n3cccc3)c2)C1. The van der Waals surface area contributed by atoms with Gasteiger partial charge in [0.1, 0.15) is 0 Å². The summed E-state index contributed by atoms with van der Waals surface area (Å²) in [4.78, 5) is 13.8. The van der Waals surface area contributed by atoms with Crippen molar-refractivity contribution in [2.45, 2.75) is 6.42 Å². The molecule has 1 saturated heterocycles. The van der Waals surface area contributed by atoms with Crippen molar-refractivity contribution in [2.75, 3.05) is 17.2 Å². The predicted octanol–water partition coefficient (Wildman–Crippen LogP) is 1.12. The van der Waals surface area contributed by atoms with Crippen molar-refractivity contribution in [3.05, 3.63) is 48.8 Å². The van der Waals surface area contributed by atoms with Gasteiger partial charge < -0.3 is 9.47 Å². The molecule has 3 rings (SSSR count). The lowest BCUT2D eigenvalue weighted by Crippen LogP contribution is -2.27. The van der Waals surface area contributed by atoms with Crippen LogP contribution in [-0.2, 0) is 14.8 Å². The first-order chi connectivity index (χ1) is 10.4. The number of amides is 1. The van der Waals surface area contributed by atoms with Gasteiger partial charge in [0.15, 0.2) is 0 Å². The third kappa shape index (κ3) is 3.20. The summed E-state index contributed by atoms with van der Waals surface area (Å²) in [5.41, 5.74) is 1.72. The third-order valence-corrected chi connectivity index (χ3v) is 4.65. The largest absolute Gasteiger partial charge is 0.324 e. The number of carbonyl (C=O) groups is 1. The zero-order chi connectivity index (χ0) is 15.7. The van der Waals surface area contributed by atoms with E-state index in [1.54, 1.807) is 4.90 Å². The number of hydrogen-bond donors (Lipinski definition) is 1. The maximum Gasteiger partial charge on any atom is 0.227 e. The van der Waals surface area contributed by atoms with E-state index in [2.05, 4.69) is 0 Å². The standard InChI is InChI=1S/C15H17N3O3S/c16-22(20,21)11-12-8-15(19)18(10-12)14-5-3-4-13(9-14)17-6-1-2-7-17/h1-7,9,12H,8,10-11H2,(H2,16,20,21). The molecule has 0 aliphatic carbocycles. The normalized spacial score (nSPS) is 18.9.